The van der Waals surface area contributed by atoms with Crippen molar-refractivity contribution in [3.05, 3.63) is 58.1 Å². The fraction of sp³-hybridized carbons (Fsp3) is 0.278. The van der Waals surface area contributed by atoms with Gasteiger partial charge in [0, 0.05) is 5.02 Å². The minimum absolute atomic E-state index is 0.151. The van der Waals surface area contributed by atoms with Gasteiger partial charge in [0.1, 0.15) is 18.9 Å². The number of sulfonamides is 1. The summed E-state index contributed by atoms with van der Waals surface area (Å²) in [6.07, 6.45) is 0.999. The van der Waals surface area contributed by atoms with E-state index in [1.165, 1.54) is 18.2 Å². The van der Waals surface area contributed by atoms with Crippen molar-refractivity contribution in [2.24, 2.45) is 0 Å². The quantitative estimate of drug-likeness (QED) is 0.651. The molecule has 0 fully saturated rings. The highest BCUT2D eigenvalue weighted by atomic mass is 35.5. The van der Waals surface area contributed by atoms with Crippen LogP contribution in [0.1, 0.15) is 5.56 Å². The zero-order chi connectivity index (χ0) is 20.0. The van der Waals surface area contributed by atoms with E-state index in [4.69, 9.17) is 27.9 Å². The van der Waals surface area contributed by atoms with Crippen molar-refractivity contribution < 1.29 is 17.9 Å². The maximum absolute atomic E-state index is 12.2. The molecule has 0 unspecified atom stereocenters. The van der Waals surface area contributed by atoms with E-state index in [1.54, 1.807) is 0 Å². The van der Waals surface area contributed by atoms with Crippen LogP contribution in [0.3, 0.4) is 0 Å². The van der Waals surface area contributed by atoms with Crippen LogP contribution < -0.4 is 14.4 Å². The monoisotopic (exact) mass is 430 g/mol. The lowest BCUT2D eigenvalue weighted by Gasteiger charge is -2.23. The Morgan fingerprint density at radius 1 is 1.19 bits per heavy atom. The average Bonchev–Trinajstić information content (AvgIpc) is 2.59. The molecule has 0 saturated carbocycles. The van der Waals surface area contributed by atoms with Crippen LogP contribution in [0.25, 0.3) is 0 Å². The highest BCUT2D eigenvalue weighted by Crippen LogP contribution is 2.30. The molecule has 0 aliphatic carbocycles. The van der Waals surface area contributed by atoms with Gasteiger partial charge in [-0.15, -0.1) is 0 Å². The third-order valence-electron chi connectivity index (χ3n) is 3.64. The number of amides is 1. The van der Waals surface area contributed by atoms with Gasteiger partial charge < -0.3 is 10.1 Å². The number of carbonyl (C=O) groups is 1. The number of hydrogen-bond acceptors (Lipinski definition) is 4. The van der Waals surface area contributed by atoms with Crippen LogP contribution in [0.5, 0.6) is 5.75 Å². The van der Waals surface area contributed by atoms with Crippen molar-refractivity contribution in [3.8, 4) is 5.75 Å². The summed E-state index contributed by atoms with van der Waals surface area (Å²) in [6.45, 7) is 2.00. The standard InChI is InChI=1S/C18H20Cl2N2O4S/c1-13-5-3-4-6-17(13)26-10-9-21-18(23)12-22(27(2,24)25)16-11-14(19)7-8-15(16)20/h3-8,11H,9-10,12H2,1-2H3,(H,21,23). The number of ether oxygens (including phenoxy) is 1. The van der Waals surface area contributed by atoms with Crippen molar-refractivity contribution in [2.75, 3.05) is 30.3 Å². The number of nitrogens with zero attached hydrogens (tertiary/aromatic N) is 1. The molecule has 9 heteroatoms. The Balaban J connectivity index is 1.96. The Hall–Kier alpha value is -1.96. The summed E-state index contributed by atoms with van der Waals surface area (Å²) in [5.74, 6) is 0.250. The number of anilines is 1. The molecule has 0 aliphatic rings. The lowest BCUT2D eigenvalue weighted by molar-refractivity contribution is -0.119. The van der Waals surface area contributed by atoms with Gasteiger partial charge in [0.15, 0.2) is 0 Å². The van der Waals surface area contributed by atoms with Crippen molar-refractivity contribution in [3.63, 3.8) is 0 Å². The van der Waals surface area contributed by atoms with E-state index >= 15 is 0 Å². The molecular formula is C18H20Cl2N2O4S. The first-order valence-corrected chi connectivity index (χ1v) is 10.7. The molecule has 146 valence electrons. The molecule has 0 saturated heterocycles. The number of para-hydroxylation sites is 1. The van der Waals surface area contributed by atoms with Crippen molar-refractivity contribution in [2.45, 2.75) is 6.92 Å². The van der Waals surface area contributed by atoms with Gasteiger partial charge in [-0.05, 0) is 36.8 Å². The van der Waals surface area contributed by atoms with E-state index in [1.807, 2.05) is 31.2 Å². The number of rotatable bonds is 8. The van der Waals surface area contributed by atoms with E-state index in [0.717, 1.165) is 21.9 Å². The second kappa shape index (κ2) is 9.30. The summed E-state index contributed by atoms with van der Waals surface area (Å²) >= 11 is 12.0. The van der Waals surface area contributed by atoms with E-state index < -0.39 is 22.5 Å². The summed E-state index contributed by atoms with van der Waals surface area (Å²) in [7, 11) is -3.73. The van der Waals surface area contributed by atoms with Gasteiger partial charge in [0.2, 0.25) is 15.9 Å². The molecule has 0 atom stereocenters. The van der Waals surface area contributed by atoms with Crippen LogP contribution in [-0.2, 0) is 14.8 Å². The largest absolute Gasteiger partial charge is 0.491 e. The third kappa shape index (κ3) is 6.30. The summed E-state index contributed by atoms with van der Waals surface area (Å²) in [5.41, 5.74) is 1.14. The lowest BCUT2D eigenvalue weighted by Crippen LogP contribution is -2.41. The Labute approximate surface area is 169 Å². The summed E-state index contributed by atoms with van der Waals surface area (Å²) in [4.78, 5) is 12.2. The Morgan fingerprint density at radius 2 is 1.89 bits per heavy atom. The molecule has 2 aromatic rings. The molecule has 1 amide bonds. The molecule has 2 rings (SSSR count). The van der Waals surface area contributed by atoms with Gasteiger partial charge in [0.05, 0.1) is 23.5 Å². The summed E-state index contributed by atoms with van der Waals surface area (Å²) in [5, 5.41) is 3.13. The van der Waals surface area contributed by atoms with Gasteiger partial charge in [-0.1, -0.05) is 41.4 Å². The lowest BCUT2D eigenvalue weighted by atomic mass is 10.2. The number of hydrogen-bond donors (Lipinski definition) is 1. The van der Waals surface area contributed by atoms with Gasteiger partial charge in [0.25, 0.3) is 0 Å². The first-order valence-electron chi connectivity index (χ1n) is 8.06. The van der Waals surface area contributed by atoms with Crippen molar-refractivity contribution >= 4 is 44.8 Å². The molecule has 6 nitrogen and oxygen atoms in total. The van der Waals surface area contributed by atoms with Crippen molar-refractivity contribution in [1.29, 1.82) is 0 Å². The second-order valence-electron chi connectivity index (χ2n) is 5.83. The van der Waals surface area contributed by atoms with Crippen LogP contribution in [0.2, 0.25) is 10.0 Å². The number of aryl methyl sites for hydroxylation is 1. The zero-order valence-electron chi connectivity index (χ0n) is 14.9. The van der Waals surface area contributed by atoms with E-state index in [-0.39, 0.29) is 23.9 Å². The van der Waals surface area contributed by atoms with E-state index in [0.29, 0.717) is 5.02 Å². The predicted molar refractivity (Wildman–Crippen MR) is 108 cm³/mol. The number of nitrogens with one attached hydrogen (secondary N) is 1. The van der Waals surface area contributed by atoms with Gasteiger partial charge in [-0.3, -0.25) is 9.10 Å². The number of halogens is 2. The smallest absolute Gasteiger partial charge is 0.240 e. The van der Waals surface area contributed by atoms with E-state index in [9.17, 15) is 13.2 Å². The minimum atomic E-state index is -3.73. The second-order valence-corrected chi connectivity index (χ2v) is 8.58. The van der Waals surface area contributed by atoms with Crippen LogP contribution >= 0.6 is 23.2 Å². The van der Waals surface area contributed by atoms with Crippen LogP contribution in [0, 0.1) is 6.92 Å². The maximum Gasteiger partial charge on any atom is 0.240 e. The van der Waals surface area contributed by atoms with E-state index in [2.05, 4.69) is 5.32 Å². The summed E-state index contributed by atoms with van der Waals surface area (Å²) < 4.78 is 30.7. The molecule has 0 aromatic heterocycles. The highest BCUT2D eigenvalue weighted by molar-refractivity contribution is 7.92. The first kappa shape index (κ1) is 21.3. The predicted octanol–water partition coefficient (Wildman–Crippen LogP) is 3.26. The SMILES string of the molecule is Cc1ccccc1OCCNC(=O)CN(c1cc(Cl)ccc1Cl)S(C)(=O)=O. The summed E-state index contributed by atoms with van der Waals surface area (Å²) in [6, 6.07) is 11.9. The van der Waals surface area contributed by atoms with Crippen LogP contribution in [0.15, 0.2) is 42.5 Å². The fourth-order valence-corrected chi connectivity index (χ4v) is 3.61. The van der Waals surface area contributed by atoms with Gasteiger partial charge in [-0.2, -0.15) is 0 Å². The van der Waals surface area contributed by atoms with Crippen LogP contribution in [-0.4, -0.2) is 40.3 Å². The zero-order valence-corrected chi connectivity index (χ0v) is 17.2. The fourth-order valence-electron chi connectivity index (χ4n) is 2.31. The Morgan fingerprint density at radius 3 is 2.56 bits per heavy atom. The highest BCUT2D eigenvalue weighted by Gasteiger charge is 2.23. The third-order valence-corrected chi connectivity index (χ3v) is 5.32. The van der Waals surface area contributed by atoms with Gasteiger partial charge >= 0.3 is 0 Å². The average molecular weight is 431 g/mol. The molecule has 27 heavy (non-hydrogen) atoms. The minimum Gasteiger partial charge on any atom is -0.491 e. The first-order chi connectivity index (χ1) is 12.7. The number of carbonyl (C=O) groups excluding carboxylic acids is 1. The topological polar surface area (TPSA) is 75.7 Å². The molecule has 0 spiro atoms. The molecule has 1 N–H and O–H groups in total. The maximum atomic E-state index is 12.2. The van der Waals surface area contributed by atoms with Gasteiger partial charge in [-0.25, -0.2) is 8.42 Å². The molecular weight excluding hydrogens is 411 g/mol. The normalized spacial score (nSPS) is 11.1. The number of benzene rings is 2. The molecule has 0 aliphatic heterocycles. The molecule has 0 radical (unpaired) electrons. The Bertz CT molecular complexity index is 919. The van der Waals surface area contributed by atoms with Crippen molar-refractivity contribution in [1.82, 2.24) is 5.32 Å². The molecule has 0 heterocycles. The Kier molecular flexibility index (Phi) is 7.35. The molecule has 0 bridgehead atoms. The van der Waals surface area contributed by atoms with Crippen LogP contribution in [0.4, 0.5) is 5.69 Å². The molecule has 2 aromatic carbocycles.